The number of nitrogens with one attached hydrogen (secondary N) is 1. The van der Waals surface area contributed by atoms with Crippen molar-refractivity contribution in [2.75, 3.05) is 11.9 Å². The van der Waals surface area contributed by atoms with Crippen molar-refractivity contribution in [1.82, 2.24) is 0 Å². The molecule has 0 amide bonds. The van der Waals surface area contributed by atoms with Gasteiger partial charge in [-0.2, -0.15) is 5.26 Å². The van der Waals surface area contributed by atoms with Gasteiger partial charge in [0, 0.05) is 6.54 Å². The van der Waals surface area contributed by atoms with Crippen LogP contribution in [0, 0.1) is 24.2 Å². The Morgan fingerprint density at radius 3 is 2.69 bits per heavy atom. The Labute approximate surface area is 96.7 Å². The highest BCUT2D eigenvalue weighted by Gasteiger charge is 2.09. The third-order valence-corrected chi connectivity index (χ3v) is 2.57. The summed E-state index contributed by atoms with van der Waals surface area (Å²) < 4.78 is 0. The van der Waals surface area contributed by atoms with Crippen LogP contribution in [0.5, 0.6) is 0 Å². The van der Waals surface area contributed by atoms with Crippen molar-refractivity contribution in [2.24, 2.45) is 5.92 Å². The normalized spacial score (nSPS) is 12.2. The van der Waals surface area contributed by atoms with Gasteiger partial charge in [0.1, 0.15) is 6.07 Å². The number of anilines is 1. The Bertz CT molecular complexity index is 393. The van der Waals surface area contributed by atoms with Crippen LogP contribution in [-0.4, -0.2) is 17.8 Å². The van der Waals surface area contributed by atoms with Gasteiger partial charge in [-0.1, -0.05) is 19.9 Å². The predicted octanol–water partition coefficient (Wildman–Crippen LogP) is 2.30. The number of aryl methyl sites for hydroxylation is 1. The van der Waals surface area contributed by atoms with Crippen molar-refractivity contribution >= 4 is 5.69 Å². The molecule has 1 rings (SSSR count). The maximum Gasteiger partial charge on any atom is 0.101 e. The van der Waals surface area contributed by atoms with E-state index in [2.05, 4.69) is 11.4 Å². The van der Waals surface area contributed by atoms with Gasteiger partial charge in [-0.3, -0.25) is 0 Å². The first kappa shape index (κ1) is 12.5. The Hall–Kier alpha value is -1.53. The van der Waals surface area contributed by atoms with Gasteiger partial charge in [-0.05, 0) is 30.5 Å². The molecule has 1 aromatic rings. The van der Waals surface area contributed by atoms with Gasteiger partial charge in [0.05, 0.1) is 17.4 Å². The Kier molecular flexibility index (Phi) is 4.33. The Morgan fingerprint density at radius 1 is 1.44 bits per heavy atom. The molecular formula is C13H18N2O. The zero-order valence-electron chi connectivity index (χ0n) is 9.99. The third-order valence-electron chi connectivity index (χ3n) is 2.57. The zero-order valence-corrected chi connectivity index (χ0v) is 9.99. The molecule has 3 heteroatoms. The average Bonchev–Trinajstić information content (AvgIpc) is 2.26. The molecular weight excluding hydrogens is 200 g/mol. The van der Waals surface area contributed by atoms with E-state index in [1.807, 2.05) is 39.0 Å². The summed E-state index contributed by atoms with van der Waals surface area (Å²) in [5.41, 5.74) is 2.47. The average molecular weight is 218 g/mol. The molecule has 0 fully saturated rings. The van der Waals surface area contributed by atoms with E-state index in [1.165, 1.54) is 0 Å². The Balaban J connectivity index is 2.71. The molecule has 0 spiro atoms. The van der Waals surface area contributed by atoms with E-state index in [-0.39, 0.29) is 5.92 Å². The highest BCUT2D eigenvalue weighted by molar-refractivity contribution is 5.58. The largest absolute Gasteiger partial charge is 0.391 e. The fourth-order valence-electron chi connectivity index (χ4n) is 1.35. The number of benzene rings is 1. The van der Waals surface area contributed by atoms with Gasteiger partial charge < -0.3 is 10.4 Å². The van der Waals surface area contributed by atoms with Crippen molar-refractivity contribution in [3.05, 3.63) is 29.3 Å². The standard InChI is InChI=1S/C13H18N2O/c1-9(2)13(16)8-15-12-5-4-10(3)6-11(12)7-14/h4-6,9,13,15-16H,8H2,1-3H3. The quantitative estimate of drug-likeness (QED) is 0.815. The summed E-state index contributed by atoms with van der Waals surface area (Å²) >= 11 is 0. The number of aliphatic hydroxyl groups is 1. The molecule has 16 heavy (non-hydrogen) atoms. The Morgan fingerprint density at radius 2 is 2.12 bits per heavy atom. The van der Waals surface area contributed by atoms with Gasteiger partial charge in [-0.25, -0.2) is 0 Å². The van der Waals surface area contributed by atoms with Crippen molar-refractivity contribution in [2.45, 2.75) is 26.9 Å². The highest BCUT2D eigenvalue weighted by atomic mass is 16.3. The van der Waals surface area contributed by atoms with E-state index >= 15 is 0 Å². The zero-order chi connectivity index (χ0) is 12.1. The first-order chi connectivity index (χ1) is 7.54. The second kappa shape index (κ2) is 5.53. The number of nitrogens with zero attached hydrogens (tertiary/aromatic N) is 1. The van der Waals surface area contributed by atoms with Crippen LogP contribution in [0.3, 0.4) is 0 Å². The van der Waals surface area contributed by atoms with Crippen molar-refractivity contribution in [3.8, 4) is 6.07 Å². The maximum atomic E-state index is 9.66. The number of aliphatic hydroxyl groups excluding tert-OH is 1. The van der Waals surface area contributed by atoms with Crippen molar-refractivity contribution in [1.29, 1.82) is 5.26 Å². The smallest absolute Gasteiger partial charge is 0.101 e. The maximum absolute atomic E-state index is 9.66. The summed E-state index contributed by atoms with van der Waals surface area (Å²) in [4.78, 5) is 0. The summed E-state index contributed by atoms with van der Waals surface area (Å²) in [7, 11) is 0. The molecule has 0 aliphatic rings. The van der Waals surface area contributed by atoms with Gasteiger partial charge in [-0.15, -0.1) is 0 Å². The lowest BCUT2D eigenvalue weighted by atomic mass is 10.1. The molecule has 0 aliphatic heterocycles. The van der Waals surface area contributed by atoms with Crippen LogP contribution in [-0.2, 0) is 0 Å². The van der Waals surface area contributed by atoms with Crippen molar-refractivity contribution < 1.29 is 5.11 Å². The van der Waals surface area contributed by atoms with E-state index in [0.29, 0.717) is 12.1 Å². The lowest BCUT2D eigenvalue weighted by molar-refractivity contribution is 0.138. The van der Waals surface area contributed by atoms with Crippen LogP contribution in [0.1, 0.15) is 25.0 Å². The highest BCUT2D eigenvalue weighted by Crippen LogP contribution is 2.16. The minimum atomic E-state index is -0.396. The van der Waals surface area contributed by atoms with Crippen LogP contribution in [0.2, 0.25) is 0 Å². The third kappa shape index (κ3) is 3.25. The fourth-order valence-corrected chi connectivity index (χ4v) is 1.35. The number of hydrogen-bond donors (Lipinski definition) is 2. The van der Waals surface area contributed by atoms with Crippen LogP contribution in [0.25, 0.3) is 0 Å². The molecule has 1 unspecified atom stereocenters. The lowest BCUT2D eigenvalue weighted by Gasteiger charge is -2.16. The molecule has 0 saturated carbocycles. The number of rotatable bonds is 4. The fraction of sp³-hybridized carbons (Fsp3) is 0.462. The lowest BCUT2D eigenvalue weighted by Crippen LogP contribution is -2.25. The van der Waals surface area contributed by atoms with Gasteiger partial charge in [0.25, 0.3) is 0 Å². The van der Waals surface area contributed by atoms with E-state index in [4.69, 9.17) is 5.26 Å². The molecule has 86 valence electrons. The molecule has 0 aromatic heterocycles. The second-order valence-corrected chi connectivity index (χ2v) is 4.35. The number of nitriles is 1. The molecule has 0 heterocycles. The summed E-state index contributed by atoms with van der Waals surface area (Å²) in [6.07, 6.45) is -0.396. The van der Waals surface area contributed by atoms with Gasteiger partial charge >= 0.3 is 0 Å². The topological polar surface area (TPSA) is 56.0 Å². The van der Waals surface area contributed by atoms with Crippen LogP contribution < -0.4 is 5.32 Å². The minimum Gasteiger partial charge on any atom is -0.391 e. The second-order valence-electron chi connectivity index (χ2n) is 4.35. The van der Waals surface area contributed by atoms with Crippen molar-refractivity contribution in [3.63, 3.8) is 0 Å². The molecule has 3 nitrogen and oxygen atoms in total. The first-order valence-corrected chi connectivity index (χ1v) is 5.47. The predicted molar refractivity (Wildman–Crippen MR) is 65.2 cm³/mol. The van der Waals surface area contributed by atoms with E-state index in [9.17, 15) is 5.11 Å². The molecule has 1 aromatic carbocycles. The first-order valence-electron chi connectivity index (χ1n) is 5.47. The summed E-state index contributed by atoms with van der Waals surface area (Å²) in [5.74, 6) is 0.212. The SMILES string of the molecule is Cc1ccc(NCC(O)C(C)C)c(C#N)c1. The van der Waals surface area contributed by atoms with E-state index < -0.39 is 6.10 Å². The monoisotopic (exact) mass is 218 g/mol. The molecule has 2 N–H and O–H groups in total. The van der Waals surface area contributed by atoms with E-state index in [0.717, 1.165) is 11.3 Å². The van der Waals surface area contributed by atoms with E-state index in [1.54, 1.807) is 0 Å². The molecule has 0 radical (unpaired) electrons. The summed E-state index contributed by atoms with van der Waals surface area (Å²) in [5, 5.41) is 21.7. The molecule has 0 aliphatic carbocycles. The van der Waals surface area contributed by atoms with Crippen LogP contribution >= 0.6 is 0 Å². The summed E-state index contributed by atoms with van der Waals surface area (Å²) in [6.45, 7) is 6.35. The van der Waals surface area contributed by atoms with Crippen LogP contribution in [0.15, 0.2) is 18.2 Å². The number of hydrogen-bond acceptors (Lipinski definition) is 3. The molecule has 0 bridgehead atoms. The van der Waals surface area contributed by atoms with Gasteiger partial charge in [0.2, 0.25) is 0 Å². The summed E-state index contributed by atoms with van der Waals surface area (Å²) in [6, 6.07) is 7.81. The minimum absolute atomic E-state index is 0.212. The van der Waals surface area contributed by atoms with Gasteiger partial charge in [0.15, 0.2) is 0 Å². The van der Waals surface area contributed by atoms with Crippen LogP contribution in [0.4, 0.5) is 5.69 Å². The molecule has 0 saturated heterocycles. The molecule has 1 atom stereocenters.